The minimum absolute atomic E-state index is 0.0120. The molecule has 1 atom stereocenters. The van der Waals surface area contributed by atoms with Crippen molar-refractivity contribution in [1.82, 2.24) is 9.47 Å². The maximum absolute atomic E-state index is 14.2. The van der Waals surface area contributed by atoms with Gasteiger partial charge < -0.3 is 20.4 Å². The van der Waals surface area contributed by atoms with Crippen LogP contribution in [-0.2, 0) is 0 Å². The van der Waals surface area contributed by atoms with Gasteiger partial charge >= 0.3 is 0 Å². The number of anilines is 3. The molecule has 6 rings (SSSR count). The highest BCUT2D eigenvalue weighted by molar-refractivity contribution is 6.36. The van der Waals surface area contributed by atoms with Gasteiger partial charge in [0, 0.05) is 48.0 Å². The highest BCUT2D eigenvalue weighted by Crippen LogP contribution is 2.56. The fraction of sp³-hybridized carbons (Fsp3) is 0.308. The Morgan fingerprint density at radius 3 is 2.64 bits per heavy atom. The van der Waals surface area contributed by atoms with Crippen LogP contribution in [0.15, 0.2) is 36.4 Å². The van der Waals surface area contributed by atoms with Crippen LogP contribution in [-0.4, -0.2) is 47.5 Å². The molecule has 2 aromatic rings. The molecule has 0 aliphatic carbocycles. The van der Waals surface area contributed by atoms with Crippen molar-refractivity contribution in [2.75, 3.05) is 41.7 Å². The quantitative estimate of drug-likeness (QED) is 0.326. The van der Waals surface area contributed by atoms with Gasteiger partial charge in [0.1, 0.15) is 28.7 Å². The molecule has 7 nitrogen and oxygen atoms in total. The Balaban J connectivity index is 1.23. The van der Waals surface area contributed by atoms with Gasteiger partial charge in [-0.1, -0.05) is 29.3 Å². The third-order valence-electron chi connectivity index (χ3n) is 7.17. The lowest BCUT2D eigenvalue weighted by Crippen LogP contribution is -2.38. The number of nitrogens with zero attached hydrogens (tertiary/aromatic N) is 3. The normalized spacial score (nSPS) is 16.4. The smallest absolute Gasteiger partial charge is 0.274 e. The van der Waals surface area contributed by atoms with E-state index in [0.29, 0.717) is 40.6 Å². The second kappa shape index (κ2) is 8.71. The molecule has 1 saturated heterocycles. The first-order valence-corrected chi connectivity index (χ1v) is 12.8. The molecular formula is C26H24Cl2FN5O2. The van der Waals surface area contributed by atoms with Gasteiger partial charge in [-0.2, -0.15) is 0 Å². The Bertz CT molecular complexity index is 1420. The topological polar surface area (TPSA) is 69.6 Å². The molecule has 1 fully saturated rings. The Labute approximate surface area is 217 Å². The predicted octanol–water partition coefficient (Wildman–Crippen LogP) is 5.72. The van der Waals surface area contributed by atoms with Gasteiger partial charge in [0.05, 0.1) is 11.1 Å². The lowest BCUT2D eigenvalue weighted by atomic mass is 10.0. The monoisotopic (exact) mass is 527 g/mol. The van der Waals surface area contributed by atoms with Crippen LogP contribution in [0.2, 0.25) is 10.0 Å². The lowest BCUT2D eigenvalue weighted by molar-refractivity contribution is 0.0792. The zero-order valence-corrected chi connectivity index (χ0v) is 21.1. The van der Waals surface area contributed by atoms with E-state index in [2.05, 4.69) is 15.5 Å². The van der Waals surface area contributed by atoms with Crippen molar-refractivity contribution in [2.45, 2.75) is 25.8 Å². The van der Waals surface area contributed by atoms with Crippen molar-refractivity contribution in [1.29, 1.82) is 0 Å². The zero-order valence-electron chi connectivity index (χ0n) is 19.6. The Morgan fingerprint density at radius 2 is 1.86 bits per heavy atom. The first-order valence-electron chi connectivity index (χ1n) is 12.0. The maximum Gasteiger partial charge on any atom is 0.274 e. The number of nitrogens with one attached hydrogen (secondary N) is 2. The Kier molecular flexibility index (Phi) is 5.61. The van der Waals surface area contributed by atoms with Crippen LogP contribution in [0, 0.1) is 5.82 Å². The van der Waals surface area contributed by atoms with Crippen LogP contribution in [0.1, 0.15) is 52.2 Å². The van der Waals surface area contributed by atoms with Crippen LogP contribution < -0.4 is 15.5 Å². The molecule has 36 heavy (non-hydrogen) atoms. The van der Waals surface area contributed by atoms with E-state index in [4.69, 9.17) is 23.2 Å². The number of carbonyl (C=O) groups is 2. The van der Waals surface area contributed by atoms with Crippen molar-refractivity contribution >= 4 is 52.2 Å². The molecule has 4 aliphatic heterocycles. The summed E-state index contributed by atoms with van der Waals surface area (Å²) in [6.07, 6.45) is 2.04. The summed E-state index contributed by atoms with van der Waals surface area (Å²) in [4.78, 5) is 29.8. The minimum Gasteiger partial charge on any atom is -0.368 e. The summed E-state index contributed by atoms with van der Waals surface area (Å²) in [7, 11) is 0. The number of rotatable bonds is 5. The van der Waals surface area contributed by atoms with Crippen molar-refractivity contribution < 1.29 is 14.0 Å². The first-order chi connectivity index (χ1) is 17.4. The van der Waals surface area contributed by atoms with Gasteiger partial charge in [0.25, 0.3) is 11.8 Å². The standard InChI is InChI=1S/C26H24Cl2FN5O2/c1-14(19-17(27)7-8-18(29)20(19)28)33-12-9-30-24-22(33)21-23(34(21)24)25(35)31-16-6-4-5-15(13-16)26(36)32-10-2-3-11-32/h4-8,13-14,30H,2-3,9-12H2,1H3,(H,31,35). The Morgan fingerprint density at radius 1 is 1.08 bits per heavy atom. The number of fused-ring (bicyclic) bond motifs is 4. The molecule has 0 bridgehead atoms. The third kappa shape index (κ3) is 3.62. The van der Waals surface area contributed by atoms with E-state index in [1.54, 1.807) is 24.3 Å². The number of halogens is 3. The third-order valence-corrected chi connectivity index (χ3v) is 7.88. The zero-order chi connectivity index (χ0) is 25.1. The molecule has 10 heteroatoms. The predicted molar refractivity (Wildman–Crippen MR) is 140 cm³/mol. The summed E-state index contributed by atoms with van der Waals surface area (Å²) in [6.45, 7) is 4.78. The summed E-state index contributed by atoms with van der Waals surface area (Å²) in [6, 6.07) is 9.52. The lowest BCUT2D eigenvalue weighted by Gasteiger charge is -2.39. The van der Waals surface area contributed by atoms with Gasteiger partial charge in [-0.25, -0.2) is 4.39 Å². The van der Waals surface area contributed by atoms with Crippen molar-refractivity contribution in [3.8, 4) is 5.69 Å². The summed E-state index contributed by atoms with van der Waals surface area (Å²) < 4.78 is 16.0. The van der Waals surface area contributed by atoms with Crippen molar-refractivity contribution in [2.24, 2.45) is 0 Å². The molecule has 2 aromatic carbocycles. The first kappa shape index (κ1) is 23.2. The summed E-state index contributed by atoms with van der Waals surface area (Å²) in [5.74, 6) is 0.0661. The van der Waals surface area contributed by atoms with E-state index in [1.807, 2.05) is 16.4 Å². The second-order valence-corrected chi connectivity index (χ2v) is 10.1. The number of likely N-dealkylation sites (tertiary alicyclic amines) is 1. The van der Waals surface area contributed by atoms with Crippen LogP contribution in [0.25, 0.3) is 5.69 Å². The second-order valence-electron chi connectivity index (χ2n) is 9.32. The average molecular weight is 528 g/mol. The summed E-state index contributed by atoms with van der Waals surface area (Å²) in [5, 5.41) is 6.68. The van der Waals surface area contributed by atoms with Crippen LogP contribution in [0.3, 0.4) is 0 Å². The van der Waals surface area contributed by atoms with Crippen LogP contribution >= 0.6 is 23.2 Å². The van der Waals surface area contributed by atoms with E-state index in [-0.39, 0.29) is 22.9 Å². The number of hydrogen-bond donors (Lipinski definition) is 2. The average Bonchev–Trinajstić information content (AvgIpc) is 3.20. The maximum atomic E-state index is 14.2. The number of amides is 2. The molecule has 2 N–H and O–H groups in total. The molecule has 2 amide bonds. The van der Waals surface area contributed by atoms with Gasteiger partial charge in [0.15, 0.2) is 0 Å². The fourth-order valence-electron chi connectivity index (χ4n) is 5.31. The van der Waals surface area contributed by atoms with Gasteiger partial charge in [-0.3, -0.25) is 14.2 Å². The molecule has 0 radical (unpaired) electrons. The highest BCUT2D eigenvalue weighted by atomic mass is 35.5. The minimum atomic E-state index is -0.515. The van der Waals surface area contributed by atoms with E-state index in [0.717, 1.165) is 43.1 Å². The van der Waals surface area contributed by atoms with Gasteiger partial charge in [0.2, 0.25) is 0 Å². The molecular weight excluding hydrogens is 504 g/mol. The number of carbonyl (C=O) groups excluding carboxylic acids is 2. The summed E-state index contributed by atoms with van der Waals surface area (Å²) in [5.41, 5.74) is 3.94. The van der Waals surface area contributed by atoms with E-state index < -0.39 is 5.82 Å². The van der Waals surface area contributed by atoms with E-state index in [9.17, 15) is 14.0 Å². The van der Waals surface area contributed by atoms with Crippen LogP contribution in [0.4, 0.5) is 21.6 Å². The van der Waals surface area contributed by atoms with E-state index in [1.165, 1.54) is 12.1 Å². The van der Waals surface area contributed by atoms with Crippen LogP contribution in [0.5, 0.6) is 0 Å². The molecule has 4 aliphatic rings. The highest BCUT2D eigenvalue weighted by Gasteiger charge is 2.46. The molecule has 0 saturated carbocycles. The fourth-order valence-corrected chi connectivity index (χ4v) is 6.00. The SMILES string of the molecule is CC(c1c(Cl)ccc(F)c1Cl)N1CCNc2c1c1c(C(=O)Nc3cccc(C(=O)N4CCCC4)c3)n2-1. The molecule has 186 valence electrons. The Hall–Kier alpha value is -3.23. The molecule has 0 spiro atoms. The molecule has 1 unspecified atom stereocenters. The van der Waals surface area contributed by atoms with E-state index >= 15 is 0 Å². The van der Waals surface area contributed by atoms with Gasteiger partial charge in [-0.05, 0) is 50.1 Å². The van der Waals surface area contributed by atoms with Gasteiger partial charge in [-0.15, -0.1) is 0 Å². The summed E-state index contributed by atoms with van der Waals surface area (Å²) >= 11 is 12.7. The number of aromatic nitrogens is 1. The number of hydrogen-bond acceptors (Lipinski definition) is 4. The number of benzene rings is 2. The molecule has 0 aromatic heterocycles. The largest absolute Gasteiger partial charge is 0.368 e. The van der Waals surface area contributed by atoms with Crippen molar-refractivity contribution in [3.05, 3.63) is 69.1 Å². The molecule has 4 heterocycles. The van der Waals surface area contributed by atoms with Crippen molar-refractivity contribution in [3.63, 3.8) is 0 Å².